The van der Waals surface area contributed by atoms with Crippen molar-refractivity contribution in [3.05, 3.63) is 0 Å². The van der Waals surface area contributed by atoms with Gasteiger partial charge in [-0.05, 0) is 26.7 Å². The molecule has 0 saturated carbocycles. The quantitative estimate of drug-likeness (QED) is 0.634. The molecule has 0 aliphatic carbocycles. The van der Waals surface area contributed by atoms with Crippen LogP contribution in [-0.2, 0) is 4.79 Å². The van der Waals surface area contributed by atoms with Gasteiger partial charge in [-0.25, -0.2) is 4.79 Å². The lowest BCUT2D eigenvalue weighted by molar-refractivity contribution is -0.125. The van der Waals surface area contributed by atoms with Gasteiger partial charge in [0.2, 0.25) is 5.91 Å². The van der Waals surface area contributed by atoms with E-state index in [1.807, 2.05) is 4.90 Å². The van der Waals surface area contributed by atoms with E-state index in [2.05, 4.69) is 10.6 Å². The summed E-state index contributed by atoms with van der Waals surface area (Å²) in [5.74, 6) is -0.299. The topological polar surface area (TPSA) is 81.7 Å². The molecule has 1 heterocycles. The number of aliphatic hydroxyl groups excluding tert-OH is 1. The van der Waals surface area contributed by atoms with Crippen molar-refractivity contribution in [2.24, 2.45) is 0 Å². The van der Waals surface area contributed by atoms with E-state index in [4.69, 9.17) is 0 Å². The van der Waals surface area contributed by atoms with Crippen molar-refractivity contribution in [1.82, 2.24) is 15.5 Å². The highest BCUT2D eigenvalue weighted by molar-refractivity contribution is 5.96. The third kappa shape index (κ3) is 4.32. The molecule has 0 bridgehead atoms. The Balaban J connectivity index is 2.38. The van der Waals surface area contributed by atoms with Gasteiger partial charge in [0, 0.05) is 19.6 Å². The van der Waals surface area contributed by atoms with Gasteiger partial charge in [-0.1, -0.05) is 0 Å². The van der Waals surface area contributed by atoms with Crippen LogP contribution >= 0.6 is 0 Å². The zero-order valence-corrected chi connectivity index (χ0v) is 10.4. The number of carbonyl (C=O) groups is 2. The van der Waals surface area contributed by atoms with Crippen LogP contribution in [0.15, 0.2) is 0 Å². The van der Waals surface area contributed by atoms with Gasteiger partial charge in [-0.2, -0.15) is 0 Å². The fourth-order valence-corrected chi connectivity index (χ4v) is 1.86. The minimum atomic E-state index is -0.457. The van der Waals surface area contributed by atoms with Crippen LogP contribution in [0.4, 0.5) is 4.79 Å². The minimum absolute atomic E-state index is 0.259. The van der Waals surface area contributed by atoms with Crippen molar-refractivity contribution in [1.29, 1.82) is 0 Å². The molecule has 1 unspecified atom stereocenters. The second-order valence-corrected chi connectivity index (χ2v) is 4.29. The molecule has 3 amide bonds. The van der Waals surface area contributed by atoms with Gasteiger partial charge in [-0.15, -0.1) is 0 Å². The smallest absolute Gasteiger partial charge is 0.321 e. The number of rotatable bonds is 3. The predicted molar refractivity (Wildman–Crippen MR) is 63.5 cm³/mol. The first-order valence-corrected chi connectivity index (χ1v) is 6.05. The molecule has 6 nitrogen and oxygen atoms in total. The minimum Gasteiger partial charge on any atom is -0.393 e. The fourth-order valence-electron chi connectivity index (χ4n) is 1.86. The Hall–Kier alpha value is -1.14. The van der Waals surface area contributed by atoms with Crippen LogP contribution in [0.25, 0.3) is 0 Å². The standard InChI is InChI=1S/C11H21N3O3/c1-3-12-11(17)13-10(16)8(2)14-6-4-9(15)5-7-14/h8-9,15H,3-7H2,1-2H3,(H2,12,13,16,17). The molecule has 0 aromatic rings. The second kappa shape index (κ2) is 6.56. The summed E-state index contributed by atoms with van der Waals surface area (Å²) >= 11 is 0. The zero-order chi connectivity index (χ0) is 12.8. The zero-order valence-electron chi connectivity index (χ0n) is 10.4. The Morgan fingerprint density at radius 1 is 1.41 bits per heavy atom. The highest BCUT2D eigenvalue weighted by Gasteiger charge is 2.26. The normalized spacial score (nSPS) is 19.7. The Morgan fingerprint density at radius 2 is 2.00 bits per heavy atom. The third-order valence-corrected chi connectivity index (χ3v) is 3.00. The van der Waals surface area contributed by atoms with Crippen molar-refractivity contribution < 1.29 is 14.7 Å². The Bertz CT molecular complexity index is 275. The van der Waals surface area contributed by atoms with Crippen molar-refractivity contribution in [3.8, 4) is 0 Å². The summed E-state index contributed by atoms with van der Waals surface area (Å²) in [5, 5.41) is 14.2. The van der Waals surface area contributed by atoms with E-state index < -0.39 is 6.03 Å². The Morgan fingerprint density at radius 3 is 2.53 bits per heavy atom. The summed E-state index contributed by atoms with van der Waals surface area (Å²) in [4.78, 5) is 24.9. The van der Waals surface area contributed by atoms with E-state index in [-0.39, 0.29) is 18.1 Å². The first kappa shape index (κ1) is 13.9. The molecular formula is C11H21N3O3. The first-order chi connectivity index (χ1) is 8.04. The maximum Gasteiger partial charge on any atom is 0.321 e. The van der Waals surface area contributed by atoms with Gasteiger partial charge in [0.05, 0.1) is 12.1 Å². The molecular weight excluding hydrogens is 222 g/mol. The number of amides is 3. The molecule has 3 N–H and O–H groups in total. The predicted octanol–water partition coefficient (Wildman–Crippen LogP) is -0.323. The summed E-state index contributed by atoms with van der Waals surface area (Å²) in [6.45, 7) is 5.42. The van der Waals surface area contributed by atoms with Gasteiger partial charge in [0.15, 0.2) is 0 Å². The molecule has 1 fully saturated rings. The highest BCUT2D eigenvalue weighted by atomic mass is 16.3. The van der Waals surface area contributed by atoms with Crippen molar-refractivity contribution in [3.63, 3.8) is 0 Å². The molecule has 0 radical (unpaired) electrons. The number of nitrogens with zero attached hydrogens (tertiary/aromatic N) is 1. The maximum absolute atomic E-state index is 11.7. The number of hydrogen-bond donors (Lipinski definition) is 3. The monoisotopic (exact) mass is 243 g/mol. The lowest BCUT2D eigenvalue weighted by Crippen LogP contribution is -2.51. The van der Waals surface area contributed by atoms with E-state index in [0.717, 1.165) is 0 Å². The molecule has 98 valence electrons. The number of nitrogens with one attached hydrogen (secondary N) is 2. The van der Waals surface area contributed by atoms with Crippen LogP contribution in [0.2, 0.25) is 0 Å². The molecule has 6 heteroatoms. The molecule has 0 spiro atoms. The van der Waals surface area contributed by atoms with E-state index in [1.165, 1.54) is 0 Å². The average molecular weight is 243 g/mol. The van der Waals surface area contributed by atoms with Crippen LogP contribution < -0.4 is 10.6 Å². The van der Waals surface area contributed by atoms with Crippen LogP contribution in [0.5, 0.6) is 0 Å². The molecule has 0 aromatic heterocycles. The van der Waals surface area contributed by atoms with Gasteiger partial charge >= 0.3 is 6.03 Å². The highest BCUT2D eigenvalue weighted by Crippen LogP contribution is 2.12. The molecule has 1 rings (SSSR count). The number of piperidine rings is 1. The molecule has 1 atom stereocenters. The number of imide groups is 1. The number of likely N-dealkylation sites (tertiary alicyclic amines) is 1. The lowest BCUT2D eigenvalue weighted by atomic mass is 10.1. The molecule has 17 heavy (non-hydrogen) atoms. The van der Waals surface area contributed by atoms with Crippen LogP contribution in [-0.4, -0.2) is 53.7 Å². The molecule has 1 aliphatic rings. The van der Waals surface area contributed by atoms with Crippen molar-refractivity contribution in [2.75, 3.05) is 19.6 Å². The number of carbonyl (C=O) groups excluding carboxylic acids is 2. The number of hydrogen-bond acceptors (Lipinski definition) is 4. The summed E-state index contributed by atoms with van der Waals surface area (Å²) in [6, 6.07) is -0.800. The van der Waals surface area contributed by atoms with E-state index in [0.29, 0.717) is 32.5 Å². The SMILES string of the molecule is CCNC(=O)NC(=O)C(C)N1CCC(O)CC1. The number of urea groups is 1. The first-order valence-electron chi connectivity index (χ1n) is 6.05. The summed E-state index contributed by atoms with van der Waals surface area (Å²) in [7, 11) is 0. The summed E-state index contributed by atoms with van der Waals surface area (Å²) < 4.78 is 0. The van der Waals surface area contributed by atoms with Gasteiger partial charge in [0.25, 0.3) is 0 Å². The average Bonchev–Trinajstić information content (AvgIpc) is 2.29. The van der Waals surface area contributed by atoms with Gasteiger partial charge in [0.1, 0.15) is 0 Å². The van der Waals surface area contributed by atoms with Crippen LogP contribution in [0.3, 0.4) is 0 Å². The fraction of sp³-hybridized carbons (Fsp3) is 0.818. The maximum atomic E-state index is 11.7. The van der Waals surface area contributed by atoms with Gasteiger partial charge in [-0.3, -0.25) is 15.0 Å². The number of aliphatic hydroxyl groups is 1. The van der Waals surface area contributed by atoms with Crippen LogP contribution in [0.1, 0.15) is 26.7 Å². The molecule has 1 saturated heterocycles. The molecule has 1 aliphatic heterocycles. The van der Waals surface area contributed by atoms with Gasteiger partial charge < -0.3 is 10.4 Å². The summed E-state index contributed by atoms with van der Waals surface area (Å²) in [6.07, 6.45) is 1.10. The Kier molecular flexibility index (Phi) is 5.37. The molecule has 0 aromatic carbocycles. The van der Waals surface area contributed by atoms with E-state index in [9.17, 15) is 14.7 Å². The Labute approximate surface area is 101 Å². The van der Waals surface area contributed by atoms with Crippen molar-refractivity contribution in [2.45, 2.75) is 38.8 Å². The van der Waals surface area contributed by atoms with E-state index >= 15 is 0 Å². The van der Waals surface area contributed by atoms with Crippen LogP contribution in [0, 0.1) is 0 Å². The van der Waals surface area contributed by atoms with Crippen molar-refractivity contribution >= 4 is 11.9 Å². The van der Waals surface area contributed by atoms with E-state index in [1.54, 1.807) is 13.8 Å². The second-order valence-electron chi connectivity index (χ2n) is 4.29. The third-order valence-electron chi connectivity index (χ3n) is 3.00. The lowest BCUT2D eigenvalue weighted by Gasteiger charge is -2.33. The summed E-state index contributed by atoms with van der Waals surface area (Å²) in [5.41, 5.74) is 0. The largest absolute Gasteiger partial charge is 0.393 e.